The molecule has 5 rings (SSSR count). The molecule has 3 aliphatic heterocycles. The van der Waals surface area contributed by atoms with Crippen molar-refractivity contribution < 1.29 is 19.7 Å². The van der Waals surface area contributed by atoms with E-state index in [-0.39, 0.29) is 17.7 Å². The molecule has 5 atom stereocenters. The first-order valence-corrected chi connectivity index (χ1v) is 9.02. The van der Waals surface area contributed by atoms with Crippen molar-refractivity contribution in [1.29, 1.82) is 0 Å². The molecule has 3 aliphatic rings. The molecule has 2 bridgehead atoms. The highest BCUT2D eigenvalue weighted by Gasteiger charge is 2.53. The summed E-state index contributed by atoms with van der Waals surface area (Å²) < 4.78 is 5.32. The molecule has 0 aliphatic carbocycles. The third-order valence-electron chi connectivity index (χ3n) is 6.15. The van der Waals surface area contributed by atoms with E-state index < -0.39 is 11.7 Å². The Hall–Kier alpha value is -2.02. The van der Waals surface area contributed by atoms with E-state index in [2.05, 4.69) is 9.88 Å². The van der Waals surface area contributed by atoms with Crippen LogP contribution in [0.2, 0.25) is 0 Å². The monoisotopic (exact) mass is 356 g/mol. The van der Waals surface area contributed by atoms with Crippen molar-refractivity contribution in [3.05, 3.63) is 36.0 Å². The number of aliphatic hydroxyl groups excluding tert-OH is 1. The summed E-state index contributed by atoms with van der Waals surface area (Å²) in [6, 6.07) is 7.35. The summed E-state index contributed by atoms with van der Waals surface area (Å²) in [5.41, 5.74) is 0.328. The van der Waals surface area contributed by atoms with Crippen LogP contribution in [0, 0.1) is 5.92 Å². The normalized spacial score (nSPS) is 31.8. The van der Waals surface area contributed by atoms with Crippen LogP contribution < -0.4 is 4.74 Å². The van der Waals surface area contributed by atoms with Gasteiger partial charge in [-0.25, -0.2) is 0 Å². The number of Topliss-reactive ketones (excluding diaryl/α,β-unsaturated/α-hetero) is 1. The number of fused-ring (bicyclic) bond motifs is 4. The number of pyridine rings is 1. The second kappa shape index (κ2) is 6.30. The van der Waals surface area contributed by atoms with E-state index in [1.54, 1.807) is 13.3 Å². The second-order valence-electron chi connectivity index (χ2n) is 7.47. The molecule has 138 valence electrons. The van der Waals surface area contributed by atoms with Crippen LogP contribution >= 0.6 is 0 Å². The molecule has 0 saturated carbocycles. The van der Waals surface area contributed by atoms with Gasteiger partial charge >= 0.3 is 0 Å². The van der Waals surface area contributed by atoms with Gasteiger partial charge in [0.05, 0.1) is 18.7 Å². The number of aromatic nitrogens is 1. The van der Waals surface area contributed by atoms with Gasteiger partial charge < -0.3 is 14.9 Å². The first-order valence-electron chi connectivity index (χ1n) is 9.02. The number of ketones is 1. The van der Waals surface area contributed by atoms with Gasteiger partial charge in [0.15, 0.2) is 5.78 Å². The molecule has 6 heteroatoms. The van der Waals surface area contributed by atoms with Crippen LogP contribution in [-0.2, 0) is 4.79 Å². The zero-order chi connectivity index (χ0) is 18.5. The van der Waals surface area contributed by atoms with E-state index >= 15 is 0 Å². The predicted molar refractivity (Wildman–Crippen MR) is 97.0 cm³/mol. The van der Waals surface area contributed by atoms with Crippen LogP contribution in [0.3, 0.4) is 0 Å². The first kappa shape index (κ1) is 17.4. The zero-order valence-corrected chi connectivity index (χ0v) is 15.1. The molecule has 1 aromatic heterocycles. The Kier molecular flexibility index (Phi) is 4.22. The molecule has 1 unspecified atom stereocenters. The van der Waals surface area contributed by atoms with Crippen LogP contribution in [0.5, 0.6) is 5.75 Å². The van der Waals surface area contributed by atoms with Gasteiger partial charge in [0, 0.05) is 24.2 Å². The fourth-order valence-corrected chi connectivity index (χ4v) is 4.58. The van der Waals surface area contributed by atoms with Gasteiger partial charge in [-0.15, -0.1) is 0 Å². The number of hydrogen-bond acceptors (Lipinski definition) is 6. The Morgan fingerprint density at radius 2 is 2.23 bits per heavy atom. The second-order valence-corrected chi connectivity index (χ2v) is 7.47. The summed E-state index contributed by atoms with van der Waals surface area (Å²) in [7, 11) is 1.61. The minimum absolute atomic E-state index is 0.104. The van der Waals surface area contributed by atoms with Gasteiger partial charge in [-0.2, -0.15) is 0 Å². The standard InChI is InChI=1S/C20H24N2O4/c1-12(23)20(25)11-22-8-6-13(20)9-18(22)19(24)15-5-7-21-17-4-3-14(26-2)10-16(15)17/h3-5,7,10,13,18-19,24-25H,6,8-9,11H2,1-2H3/t13-,18-,19-,20+/m0/s1. The summed E-state index contributed by atoms with van der Waals surface area (Å²) in [5, 5.41) is 22.8. The van der Waals surface area contributed by atoms with Crippen molar-refractivity contribution in [3.8, 4) is 5.75 Å². The quantitative estimate of drug-likeness (QED) is 0.868. The smallest absolute Gasteiger partial charge is 0.162 e. The summed E-state index contributed by atoms with van der Waals surface area (Å²) in [6.45, 7) is 2.53. The van der Waals surface area contributed by atoms with Gasteiger partial charge in [0.2, 0.25) is 0 Å². The largest absolute Gasteiger partial charge is 0.497 e. The summed E-state index contributed by atoms with van der Waals surface area (Å²) in [5.74, 6) is 0.432. The van der Waals surface area contributed by atoms with Crippen LogP contribution in [0.25, 0.3) is 10.9 Å². The lowest BCUT2D eigenvalue weighted by molar-refractivity contribution is -0.171. The van der Waals surface area contributed by atoms with Crippen molar-refractivity contribution in [2.45, 2.75) is 37.5 Å². The Morgan fingerprint density at radius 3 is 2.88 bits per heavy atom. The molecule has 0 spiro atoms. The van der Waals surface area contributed by atoms with Crippen molar-refractivity contribution >= 4 is 16.7 Å². The molecule has 0 amide bonds. The number of aliphatic hydroxyl groups is 2. The molecule has 6 nitrogen and oxygen atoms in total. The SMILES string of the molecule is COc1ccc2nccc([C@H](O)[C@@H]3C[C@@H]4CCN3C[C@@]4(O)C(C)=O)c2c1. The molecular formula is C20H24N2O4. The fraction of sp³-hybridized carbons (Fsp3) is 0.500. The number of methoxy groups -OCH3 is 1. The van der Waals surface area contributed by atoms with E-state index in [0.717, 1.165) is 35.2 Å². The van der Waals surface area contributed by atoms with Crippen molar-refractivity contribution in [3.63, 3.8) is 0 Å². The lowest BCUT2D eigenvalue weighted by Crippen LogP contribution is -2.66. The van der Waals surface area contributed by atoms with Gasteiger partial charge in [0.25, 0.3) is 0 Å². The van der Waals surface area contributed by atoms with Crippen LogP contribution in [-0.4, -0.2) is 57.7 Å². The molecule has 3 saturated heterocycles. The molecule has 26 heavy (non-hydrogen) atoms. The summed E-state index contributed by atoms with van der Waals surface area (Å²) in [6.07, 6.45) is 2.37. The van der Waals surface area contributed by atoms with E-state index in [1.165, 1.54) is 6.92 Å². The summed E-state index contributed by atoms with van der Waals surface area (Å²) in [4.78, 5) is 18.4. The molecule has 1 aromatic carbocycles. The number of piperidine rings is 3. The summed E-state index contributed by atoms with van der Waals surface area (Å²) >= 11 is 0. The van der Waals surface area contributed by atoms with Crippen molar-refractivity contribution in [2.75, 3.05) is 20.2 Å². The van der Waals surface area contributed by atoms with E-state index in [4.69, 9.17) is 4.74 Å². The molecule has 2 N–H and O–H groups in total. The average molecular weight is 356 g/mol. The fourth-order valence-electron chi connectivity index (χ4n) is 4.58. The van der Waals surface area contributed by atoms with Crippen LogP contribution in [0.4, 0.5) is 0 Å². The van der Waals surface area contributed by atoms with E-state index in [0.29, 0.717) is 13.0 Å². The maximum atomic E-state index is 11.9. The van der Waals surface area contributed by atoms with E-state index in [1.807, 2.05) is 24.3 Å². The highest BCUT2D eigenvalue weighted by atomic mass is 16.5. The molecule has 3 fully saturated rings. The molecule has 0 radical (unpaired) electrons. The minimum Gasteiger partial charge on any atom is -0.497 e. The number of benzene rings is 1. The number of nitrogens with zero attached hydrogens (tertiary/aromatic N) is 2. The number of hydrogen-bond donors (Lipinski definition) is 2. The number of ether oxygens (including phenoxy) is 1. The van der Waals surface area contributed by atoms with Crippen LogP contribution in [0.1, 0.15) is 31.4 Å². The highest BCUT2D eigenvalue weighted by Crippen LogP contribution is 2.44. The van der Waals surface area contributed by atoms with Gasteiger partial charge in [-0.05, 0) is 62.1 Å². The Morgan fingerprint density at radius 1 is 1.42 bits per heavy atom. The Bertz CT molecular complexity index is 855. The maximum absolute atomic E-state index is 11.9. The number of carbonyl (C=O) groups excluding carboxylic acids is 1. The molecule has 2 aromatic rings. The van der Waals surface area contributed by atoms with Gasteiger partial charge in [-0.3, -0.25) is 14.7 Å². The molecular weight excluding hydrogens is 332 g/mol. The zero-order valence-electron chi connectivity index (χ0n) is 15.1. The van der Waals surface area contributed by atoms with Crippen molar-refractivity contribution in [2.24, 2.45) is 5.92 Å². The third-order valence-corrected chi connectivity index (χ3v) is 6.15. The number of carbonyl (C=O) groups is 1. The minimum atomic E-state index is -1.28. The van der Waals surface area contributed by atoms with Gasteiger partial charge in [0.1, 0.15) is 11.4 Å². The molecule has 4 heterocycles. The highest BCUT2D eigenvalue weighted by molar-refractivity contribution is 5.86. The lowest BCUT2D eigenvalue weighted by Gasteiger charge is -2.54. The Labute approximate surface area is 152 Å². The lowest BCUT2D eigenvalue weighted by atomic mass is 9.69. The Balaban J connectivity index is 1.68. The van der Waals surface area contributed by atoms with Crippen molar-refractivity contribution in [1.82, 2.24) is 9.88 Å². The average Bonchev–Trinajstić information content (AvgIpc) is 2.66. The first-order chi connectivity index (χ1) is 12.4. The topological polar surface area (TPSA) is 82.9 Å². The third kappa shape index (κ3) is 2.60. The van der Waals surface area contributed by atoms with Crippen LogP contribution in [0.15, 0.2) is 30.5 Å². The van der Waals surface area contributed by atoms with E-state index in [9.17, 15) is 15.0 Å². The van der Waals surface area contributed by atoms with Gasteiger partial charge in [-0.1, -0.05) is 0 Å². The predicted octanol–water partition coefficient (Wildman–Crippen LogP) is 1.69. The number of rotatable bonds is 4. The maximum Gasteiger partial charge on any atom is 0.162 e.